The van der Waals surface area contributed by atoms with Crippen molar-refractivity contribution in [3.8, 4) is 0 Å². The molecule has 0 aliphatic rings. The Hall–Kier alpha value is -0.940. The van der Waals surface area contributed by atoms with Crippen LogP contribution in [0.3, 0.4) is 0 Å². The minimum atomic E-state index is -0.474. The fourth-order valence-electron chi connectivity index (χ4n) is 1.65. The van der Waals surface area contributed by atoms with Gasteiger partial charge in [-0.1, -0.05) is 29.8 Å². The average molecular weight is 317 g/mol. The summed E-state index contributed by atoms with van der Waals surface area (Å²) in [6.07, 6.45) is 0.289. The van der Waals surface area contributed by atoms with Gasteiger partial charge in [-0.2, -0.15) is 0 Å². The highest BCUT2D eigenvalue weighted by Gasteiger charge is 2.25. The van der Waals surface area contributed by atoms with Gasteiger partial charge in [-0.25, -0.2) is 4.39 Å². The number of benzene rings is 1. The fourth-order valence-corrected chi connectivity index (χ4v) is 2.01. The predicted octanol–water partition coefficient (Wildman–Crippen LogP) is 2.33. The molecular formula is C13H18BrFN2O. The molecule has 3 N–H and O–H groups in total. The molecule has 0 atom stereocenters. The molecule has 1 aromatic rings. The van der Waals surface area contributed by atoms with E-state index in [9.17, 15) is 9.18 Å². The molecule has 0 bridgehead atoms. The number of carbonyl (C=O) groups excluding carboxylic acids is 1. The molecular weight excluding hydrogens is 299 g/mol. The number of amides is 1. The van der Waals surface area contributed by atoms with Crippen molar-refractivity contribution in [3.05, 3.63) is 34.1 Å². The summed E-state index contributed by atoms with van der Waals surface area (Å²) in [4.78, 5) is 11.4. The Labute approximate surface area is 115 Å². The van der Waals surface area contributed by atoms with E-state index in [1.807, 2.05) is 13.8 Å². The zero-order chi connectivity index (χ0) is 13.8. The Morgan fingerprint density at radius 3 is 2.78 bits per heavy atom. The van der Waals surface area contributed by atoms with Crippen molar-refractivity contribution in [2.24, 2.45) is 5.73 Å². The predicted molar refractivity (Wildman–Crippen MR) is 73.8 cm³/mol. The van der Waals surface area contributed by atoms with Crippen LogP contribution in [0.2, 0.25) is 0 Å². The van der Waals surface area contributed by atoms with Crippen LogP contribution in [0.5, 0.6) is 0 Å². The lowest BCUT2D eigenvalue weighted by molar-refractivity contribution is -0.121. The number of hydrogen-bond donors (Lipinski definition) is 2. The van der Waals surface area contributed by atoms with E-state index in [0.29, 0.717) is 18.7 Å². The molecule has 3 nitrogen and oxygen atoms in total. The molecule has 0 aliphatic carbocycles. The van der Waals surface area contributed by atoms with Crippen molar-refractivity contribution < 1.29 is 9.18 Å². The third kappa shape index (κ3) is 4.07. The van der Waals surface area contributed by atoms with Crippen LogP contribution < -0.4 is 11.1 Å². The summed E-state index contributed by atoms with van der Waals surface area (Å²) in [5.74, 6) is -0.378. The lowest BCUT2D eigenvalue weighted by atomic mass is 9.84. The molecule has 1 rings (SSSR count). The number of rotatable bonds is 5. The van der Waals surface area contributed by atoms with Crippen molar-refractivity contribution in [2.75, 3.05) is 13.1 Å². The summed E-state index contributed by atoms with van der Waals surface area (Å²) in [6, 6.07) is 4.81. The summed E-state index contributed by atoms with van der Waals surface area (Å²) >= 11 is 3.32. The van der Waals surface area contributed by atoms with Crippen LogP contribution in [0.4, 0.5) is 4.39 Å². The van der Waals surface area contributed by atoms with E-state index in [2.05, 4.69) is 21.2 Å². The van der Waals surface area contributed by atoms with E-state index >= 15 is 0 Å². The van der Waals surface area contributed by atoms with Crippen LogP contribution in [0.15, 0.2) is 22.7 Å². The van der Waals surface area contributed by atoms with Gasteiger partial charge in [-0.3, -0.25) is 4.79 Å². The van der Waals surface area contributed by atoms with Crippen LogP contribution in [0.1, 0.15) is 25.8 Å². The molecule has 0 aliphatic heterocycles. The van der Waals surface area contributed by atoms with Crippen LogP contribution in [-0.2, 0) is 10.2 Å². The normalized spacial score (nSPS) is 11.4. The van der Waals surface area contributed by atoms with Gasteiger partial charge in [0.05, 0.1) is 0 Å². The summed E-state index contributed by atoms with van der Waals surface area (Å²) in [7, 11) is 0. The largest absolute Gasteiger partial charge is 0.355 e. The first kappa shape index (κ1) is 15.1. The van der Waals surface area contributed by atoms with Crippen molar-refractivity contribution in [1.29, 1.82) is 0 Å². The number of hydrogen-bond acceptors (Lipinski definition) is 2. The molecule has 0 radical (unpaired) electrons. The van der Waals surface area contributed by atoms with Gasteiger partial charge in [0, 0.05) is 29.4 Å². The van der Waals surface area contributed by atoms with Crippen LogP contribution >= 0.6 is 15.9 Å². The van der Waals surface area contributed by atoms with Gasteiger partial charge in [-0.05, 0) is 23.8 Å². The Bertz CT molecular complexity index is 435. The molecule has 0 saturated heterocycles. The monoisotopic (exact) mass is 316 g/mol. The Kier molecular flexibility index (Phi) is 5.28. The Morgan fingerprint density at radius 2 is 2.17 bits per heavy atom. The first-order chi connectivity index (χ1) is 8.36. The van der Waals surface area contributed by atoms with Crippen molar-refractivity contribution in [1.82, 2.24) is 5.32 Å². The van der Waals surface area contributed by atoms with Gasteiger partial charge < -0.3 is 11.1 Å². The quantitative estimate of drug-likeness (QED) is 0.876. The highest BCUT2D eigenvalue weighted by atomic mass is 79.9. The van der Waals surface area contributed by atoms with Crippen LogP contribution in [0.25, 0.3) is 0 Å². The molecule has 5 heteroatoms. The number of nitrogens with two attached hydrogens (primary N) is 1. The topological polar surface area (TPSA) is 55.1 Å². The lowest BCUT2D eigenvalue weighted by Crippen LogP contribution is -2.37. The summed E-state index contributed by atoms with van der Waals surface area (Å²) in [5, 5.41) is 2.77. The van der Waals surface area contributed by atoms with Crippen molar-refractivity contribution in [2.45, 2.75) is 25.7 Å². The second-order valence-corrected chi connectivity index (χ2v) is 5.74. The van der Waals surface area contributed by atoms with E-state index < -0.39 is 5.41 Å². The highest BCUT2D eigenvalue weighted by Crippen LogP contribution is 2.27. The maximum Gasteiger partial charge on any atom is 0.221 e. The summed E-state index contributed by atoms with van der Waals surface area (Å²) in [5.41, 5.74) is 5.40. The van der Waals surface area contributed by atoms with E-state index in [1.54, 1.807) is 12.1 Å². The standard InChI is InChI=1S/C13H18BrFN2O/c1-13(2,8-17-12(18)5-6-16)10-7-9(14)3-4-11(10)15/h3-4,7H,5-6,8,16H2,1-2H3,(H,17,18). The molecule has 1 aromatic carbocycles. The lowest BCUT2D eigenvalue weighted by Gasteiger charge is -2.26. The van der Waals surface area contributed by atoms with Crippen LogP contribution in [-0.4, -0.2) is 19.0 Å². The molecule has 0 aromatic heterocycles. The van der Waals surface area contributed by atoms with Crippen LogP contribution in [0, 0.1) is 5.82 Å². The minimum absolute atomic E-state index is 0.110. The second kappa shape index (κ2) is 6.29. The first-order valence-corrected chi connectivity index (χ1v) is 6.58. The molecule has 0 spiro atoms. The first-order valence-electron chi connectivity index (χ1n) is 5.79. The number of carbonyl (C=O) groups is 1. The van der Waals surface area contributed by atoms with Gasteiger partial charge in [0.2, 0.25) is 5.91 Å². The highest BCUT2D eigenvalue weighted by molar-refractivity contribution is 9.10. The SMILES string of the molecule is CC(C)(CNC(=O)CCN)c1cc(Br)ccc1F. The fraction of sp³-hybridized carbons (Fsp3) is 0.462. The molecule has 1 amide bonds. The summed E-state index contributed by atoms with van der Waals surface area (Å²) in [6.45, 7) is 4.47. The van der Waals surface area contributed by atoms with E-state index in [4.69, 9.17) is 5.73 Å². The molecule has 0 fully saturated rings. The maximum atomic E-state index is 13.8. The molecule has 0 saturated carbocycles. The average Bonchev–Trinajstić information content (AvgIpc) is 2.30. The maximum absolute atomic E-state index is 13.8. The van der Waals surface area contributed by atoms with E-state index in [1.165, 1.54) is 6.07 Å². The molecule has 0 heterocycles. The molecule has 100 valence electrons. The van der Waals surface area contributed by atoms with E-state index in [0.717, 1.165) is 4.47 Å². The van der Waals surface area contributed by atoms with Gasteiger partial charge in [0.15, 0.2) is 0 Å². The Balaban J connectivity index is 2.79. The number of halogens is 2. The second-order valence-electron chi connectivity index (χ2n) is 4.82. The Morgan fingerprint density at radius 1 is 1.50 bits per heavy atom. The van der Waals surface area contributed by atoms with E-state index in [-0.39, 0.29) is 18.1 Å². The molecule has 18 heavy (non-hydrogen) atoms. The smallest absolute Gasteiger partial charge is 0.221 e. The van der Waals surface area contributed by atoms with Gasteiger partial charge in [-0.15, -0.1) is 0 Å². The minimum Gasteiger partial charge on any atom is -0.355 e. The van der Waals surface area contributed by atoms with Crippen molar-refractivity contribution >= 4 is 21.8 Å². The molecule has 0 unspecified atom stereocenters. The zero-order valence-electron chi connectivity index (χ0n) is 10.6. The van der Waals surface area contributed by atoms with Gasteiger partial charge >= 0.3 is 0 Å². The zero-order valence-corrected chi connectivity index (χ0v) is 12.2. The summed E-state index contributed by atoms with van der Waals surface area (Å²) < 4.78 is 14.6. The van der Waals surface area contributed by atoms with Gasteiger partial charge in [0.25, 0.3) is 0 Å². The third-order valence-electron chi connectivity index (χ3n) is 2.76. The third-order valence-corrected chi connectivity index (χ3v) is 3.25. The number of nitrogens with one attached hydrogen (secondary N) is 1. The van der Waals surface area contributed by atoms with Crippen molar-refractivity contribution in [3.63, 3.8) is 0 Å². The van der Waals surface area contributed by atoms with Gasteiger partial charge in [0.1, 0.15) is 5.82 Å².